The summed E-state index contributed by atoms with van der Waals surface area (Å²) < 4.78 is 6.43. The Morgan fingerprint density at radius 3 is 2.15 bits per heavy atom. The van der Waals surface area contributed by atoms with Crippen LogP contribution in [-0.4, -0.2) is 34.1 Å². The normalized spacial score (nSPS) is 51.6. The summed E-state index contributed by atoms with van der Waals surface area (Å²) in [6, 6.07) is 0. The molecule has 33 heavy (non-hydrogen) atoms. The number of hydrogen-bond donors (Lipinski definition) is 2. The first-order valence-electron chi connectivity index (χ1n) is 14.0. The van der Waals surface area contributed by atoms with E-state index in [4.69, 9.17) is 4.74 Å². The fourth-order valence-corrected chi connectivity index (χ4v) is 10.2. The third-order valence-electron chi connectivity index (χ3n) is 12.7. The highest BCUT2D eigenvalue weighted by Crippen LogP contribution is 2.72. The second-order valence-corrected chi connectivity index (χ2v) is 14.6. The summed E-state index contributed by atoms with van der Waals surface area (Å²) in [5, 5.41) is 21.4. The van der Waals surface area contributed by atoms with Crippen LogP contribution >= 0.6 is 0 Å². The van der Waals surface area contributed by atoms with Gasteiger partial charge in [-0.2, -0.15) is 0 Å². The number of fused-ring (bicyclic) bond motifs is 4. The van der Waals surface area contributed by atoms with Gasteiger partial charge in [-0.3, -0.25) is 0 Å². The molecule has 3 heteroatoms. The molecule has 2 N–H and O–H groups in total. The third kappa shape index (κ3) is 3.10. The lowest BCUT2D eigenvalue weighted by Gasteiger charge is -2.62. The number of allylic oxidation sites excluding steroid dienone is 2. The molecule has 1 aliphatic heterocycles. The molecule has 0 aromatic rings. The van der Waals surface area contributed by atoms with E-state index in [1.54, 1.807) is 5.57 Å². The number of aliphatic hydroxyl groups is 2. The highest BCUT2D eigenvalue weighted by atomic mass is 16.5. The van der Waals surface area contributed by atoms with Gasteiger partial charge < -0.3 is 14.9 Å². The lowest BCUT2D eigenvalue weighted by Crippen LogP contribution is -2.55. The van der Waals surface area contributed by atoms with Crippen molar-refractivity contribution in [3.8, 4) is 0 Å². The molecule has 0 radical (unpaired) electrons. The van der Waals surface area contributed by atoms with E-state index in [0.717, 1.165) is 19.3 Å². The fourth-order valence-electron chi connectivity index (χ4n) is 10.2. The van der Waals surface area contributed by atoms with Crippen LogP contribution < -0.4 is 0 Å². The molecule has 1 heterocycles. The van der Waals surface area contributed by atoms with E-state index < -0.39 is 5.60 Å². The summed E-state index contributed by atoms with van der Waals surface area (Å²) in [5.41, 5.74) is 4.03. The molecular weight excluding hydrogens is 408 g/mol. The second kappa shape index (κ2) is 7.32. The number of hydrogen-bond acceptors (Lipinski definition) is 3. The van der Waals surface area contributed by atoms with E-state index in [1.165, 1.54) is 38.5 Å². The maximum atomic E-state index is 10.8. The van der Waals surface area contributed by atoms with Crippen molar-refractivity contribution in [1.29, 1.82) is 0 Å². The summed E-state index contributed by atoms with van der Waals surface area (Å²) >= 11 is 0. The SMILES string of the molecule is C[C@@H]([C@H]1CC[C@@]2(C)C3=C(CC[C@]12C)[C@@]1(C)CC[C@H](O)C(C)(C)C1CC3)[C@H]1C[C@H](O)C(C)(C)O1. The monoisotopic (exact) mass is 458 g/mol. The Hall–Kier alpha value is -0.380. The Bertz CT molecular complexity index is 841. The number of aliphatic hydroxyl groups excluding tert-OH is 2. The van der Waals surface area contributed by atoms with E-state index in [-0.39, 0.29) is 34.6 Å². The van der Waals surface area contributed by atoms with E-state index in [0.29, 0.717) is 23.2 Å². The van der Waals surface area contributed by atoms with Gasteiger partial charge in [0.05, 0.1) is 23.9 Å². The molecule has 3 fully saturated rings. The topological polar surface area (TPSA) is 49.7 Å². The molecule has 0 aromatic carbocycles. The van der Waals surface area contributed by atoms with Crippen LogP contribution in [0, 0.1) is 39.4 Å². The second-order valence-electron chi connectivity index (χ2n) is 14.6. The maximum absolute atomic E-state index is 10.8. The minimum Gasteiger partial charge on any atom is -0.393 e. The van der Waals surface area contributed by atoms with Crippen molar-refractivity contribution in [2.24, 2.45) is 39.4 Å². The van der Waals surface area contributed by atoms with Crippen LogP contribution in [0.15, 0.2) is 11.1 Å². The summed E-state index contributed by atoms with van der Waals surface area (Å²) in [7, 11) is 0. The standard InChI is InChI=1S/C30H50O3/c1-18(22-17-25(32)27(4,5)33-22)19-11-15-30(8)21-9-10-23-26(2,3)24(31)13-14-28(23,6)20(21)12-16-29(19,30)7/h18-19,22-25,31-32H,9-17H2,1-8H3/t18-,19+,22+,23?,24-,25-,28+,29+,30-/m0/s1. The minimum absolute atomic E-state index is 0.00730. The first-order valence-corrected chi connectivity index (χ1v) is 14.0. The van der Waals surface area contributed by atoms with Crippen molar-refractivity contribution >= 4 is 0 Å². The van der Waals surface area contributed by atoms with E-state index in [9.17, 15) is 10.2 Å². The predicted octanol–water partition coefficient (Wildman–Crippen LogP) is 6.66. The van der Waals surface area contributed by atoms with Crippen molar-refractivity contribution < 1.29 is 14.9 Å². The number of ether oxygens (including phenoxy) is 1. The first kappa shape index (κ1) is 24.3. The molecule has 5 aliphatic rings. The lowest BCUT2D eigenvalue weighted by atomic mass is 9.43. The van der Waals surface area contributed by atoms with Gasteiger partial charge in [-0.15, -0.1) is 0 Å². The van der Waals surface area contributed by atoms with Gasteiger partial charge in [0.25, 0.3) is 0 Å². The van der Waals surface area contributed by atoms with Gasteiger partial charge in [0.2, 0.25) is 0 Å². The van der Waals surface area contributed by atoms with Crippen molar-refractivity contribution in [2.45, 2.75) is 137 Å². The van der Waals surface area contributed by atoms with Crippen LogP contribution in [0.4, 0.5) is 0 Å². The predicted molar refractivity (Wildman–Crippen MR) is 134 cm³/mol. The molecule has 4 aliphatic carbocycles. The molecule has 1 saturated heterocycles. The Kier molecular flexibility index (Phi) is 5.40. The summed E-state index contributed by atoms with van der Waals surface area (Å²) in [4.78, 5) is 0. The van der Waals surface area contributed by atoms with Gasteiger partial charge in [-0.05, 0) is 105 Å². The Balaban J connectivity index is 1.47. The average molecular weight is 459 g/mol. The zero-order chi connectivity index (χ0) is 24.2. The zero-order valence-corrected chi connectivity index (χ0v) is 22.6. The van der Waals surface area contributed by atoms with E-state index >= 15 is 0 Å². The van der Waals surface area contributed by atoms with Gasteiger partial charge >= 0.3 is 0 Å². The van der Waals surface area contributed by atoms with Crippen molar-refractivity contribution in [3.63, 3.8) is 0 Å². The van der Waals surface area contributed by atoms with Gasteiger partial charge in [-0.1, -0.05) is 52.7 Å². The summed E-state index contributed by atoms with van der Waals surface area (Å²) in [5.74, 6) is 1.72. The molecule has 188 valence electrons. The third-order valence-corrected chi connectivity index (χ3v) is 12.7. The van der Waals surface area contributed by atoms with Crippen LogP contribution in [0.5, 0.6) is 0 Å². The molecule has 9 atom stereocenters. The maximum Gasteiger partial charge on any atom is 0.0889 e. The van der Waals surface area contributed by atoms with Crippen LogP contribution in [0.3, 0.4) is 0 Å². The molecular formula is C30H50O3. The Morgan fingerprint density at radius 1 is 0.818 bits per heavy atom. The number of rotatable bonds is 2. The first-order chi connectivity index (χ1) is 15.2. The Morgan fingerprint density at radius 2 is 1.52 bits per heavy atom. The molecule has 0 amide bonds. The van der Waals surface area contributed by atoms with Crippen LogP contribution in [0.2, 0.25) is 0 Å². The van der Waals surface area contributed by atoms with Gasteiger partial charge in [0.1, 0.15) is 0 Å². The van der Waals surface area contributed by atoms with Gasteiger partial charge in [-0.25, -0.2) is 0 Å². The molecule has 5 rings (SSSR count). The molecule has 1 unspecified atom stereocenters. The summed E-state index contributed by atoms with van der Waals surface area (Å²) in [6.45, 7) is 18.9. The quantitative estimate of drug-likeness (QED) is 0.455. The van der Waals surface area contributed by atoms with Crippen molar-refractivity contribution in [1.82, 2.24) is 0 Å². The van der Waals surface area contributed by atoms with Crippen molar-refractivity contribution in [2.75, 3.05) is 0 Å². The lowest BCUT2D eigenvalue weighted by molar-refractivity contribution is -0.101. The van der Waals surface area contributed by atoms with Gasteiger partial charge in [0.15, 0.2) is 0 Å². The smallest absolute Gasteiger partial charge is 0.0889 e. The molecule has 2 saturated carbocycles. The largest absolute Gasteiger partial charge is 0.393 e. The Labute approximate surface area is 202 Å². The van der Waals surface area contributed by atoms with Gasteiger partial charge in [0, 0.05) is 6.42 Å². The van der Waals surface area contributed by atoms with Crippen molar-refractivity contribution in [3.05, 3.63) is 11.1 Å². The fraction of sp³-hybridized carbons (Fsp3) is 0.933. The van der Waals surface area contributed by atoms with E-state index in [2.05, 4.69) is 41.5 Å². The van der Waals surface area contributed by atoms with Crippen LogP contribution in [-0.2, 0) is 4.74 Å². The average Bonchev–Trinajstić information content (AvgIpc) is 3.17. The van der Waals surface area contributed by atoms with Crippen LogP contribution in [0.25, 0.3) is 0 Å². The molecule has 3 nitrogen and oxygen atoms in total. The highest BCUT2D eigenvalue weighted by Gasteiger charge is 2.64. The van der Waals surface area contributed by atoms with Crippen LogP contribution in [0.1, 0.15) is 113 Å². The zero-order valence-electron chi connectivity index (χ0n) is 22.6. The minimum atomic E-state index is -0.421. The molecule has 0 aromatic heterocycles. The summed E-state index contributed by atoms with van der Waals surface area (Å²) in [6.07, 6.45) is 10.1. The molecule has 0 bridgehead atoms. The van der Waals surface area contributed by atoms with E-state index in [1.807, 2.05) is 19.4 Å². The molecule has 0 spiro atoms. The highest BCUT2D eigenvalue weighted by molar-refractivity contribution is 5.38.